The third kappa shape index (κ3) is 4.02. The van der Waals surface area contributed by atoms with E-state index >= 15 is 0 Å². The van der Waals surface area contributed by atoms with Crippen molar-refractivity contribution in [3.63, 3.8) is 0 Å². The maximum atomic E-state index is 13.2. The zero-order chi connectivity index (χ0) is 22.0. The first kappa shape index (κ1) is 20.6. The highest BCUT2D eigenvalue weighted by atomic mass is 79.9. The van der Waals surface area contributed by atoms with Gasteiger partial charge in [0.1, 0.15) is 0 Å². The molecular weight excluding hydrogens is 462 g/mol. The molecule has 7 nitrogen and oxygen atoms in total. The summed E-state index contributed by atoms with van der Waals surface area (Å²) >= 11 is 3.41. The topological polar surface area (TPSA) is 82.5 Å². The van der Waals surface area contributed by atoms with Crippen molar-refractivity contribution < 1.29 is 14.3 Å². The standard InChI is InChI=1S/C23H18BrN3O4/c1-30-19-12-9-15(13-20(19)31-2)22(28)26-27-21(14-7-10-16(24)11-8-14)25-18-6-4-3-5-17(18)23(27)29/h3-13H,1-2H3,(H,26,28). The molecule has 1 aromatic heterocycles. The lowest BCUT2D eigenvalue weighted by Gasteiger charge is -2.15. The fourth-order valence-electron chi connectivity index (χ4n) is 3.17. The molecule has 0 atom stereocenters. The van der Waals surface area contributed by atoms with Crippen molar-refractivity contribution in [1.29, 1.82) is 0 Å². The fraction of sp³-hybridized carbons (Fsp3) is 0.0870. The maximum absolute atomic E-state index is 13.2. The van der Waals surface area contributed by atoms with Crippen LogP contribution >= 0.6 is 15.9 Å². The van der Waals surface area contributed by atoms with Crippen LogP contribution < -0.4 is 20.5 Å². The second-order valence-corrected chi connectivity index (χ2v) is 7.53. The Labute approximate surface area is 186 Å². The van der Waals surface area contributed by atoms with E-state index in [1.807, 2.05) is 30.3 Å². The van der Waals surface area contributed by atoms with Gasteiger partial charge in [-0.15, -0.1) is 0 Å². The largest absolute Gasteiger partial charge is 0.493 e. The SMILES string of the molecule is COc1ccc(C(=O)Nn2c(-c3ccc(Br)cc3)nc3ccccc3c2=O)cc1OC. The van der Waals surface area contributed by atoms with Crippen molar-refractivity contribution in [2.24, 2.45) is 0 Å². The molecule has 1 N–H and O–H groups in total. The Kier molecular flexibility index (Phi) is 5.73. The number of para-hydroxylation sites is 1. The first-order valence-electron chi connectivity index (χ1n) is 9.33. The van der Waals surface area contributed by atoms with E-state index in [1.165, 1.54) is 18.9 Å². The predicted molar refractivity (Wildman–Crippen MR) is 122 cm³/mol. The fourth-order valence-corrected chi connectivity index (χ4v) is 3.44. The Hall–Kier alpha value is -3.65. The highest BCUT2D eigenvalue weighted by molar-refractivity contribution is 9.10. The van der Waals surface area contributed by atoms with Crippen molar-refractivity contribution in [3.05, 3.63) is 87.1 Å². The van der Waals surface area contributed by atoms with Crippen LogP contribution in [0, 0.1) is 0 Å². The van der Waals surface area contributed by atoms with E-state index in [0.29, 0.717) is 39.4 Å². The monoisotopic (exact) mass is 479 g/mol. The molecule has 0 radical (unpaired) electrons. The maximum Gasteiger partial charge on any atom is 0.280 e. The number of carbonyl (C=O) groups is 1. The summed E-state index contributed by atoms with van der Waals surface area (Å²) in [5.41, 5.74) is 3.83. The highest BCUT2D eigenvalue weighted by Crippen LogP contribution is 2.28. The van der Waals surface area contributed by atoms with E-state index in [-0.39, 0.29) is 5.56 Å². The minimum atomic E-state index is -0.488. The molecule has 1 amide bonds. The molecule has 0 aliphatic heterocycles. The number of nitrogens with zero attached hydrogens (tertiary/aromatic N) is 2. The number of fused-ring (bicyclic) bond motifs is 1. The van der Waals surface area contributed by atoms with Crippen LogP contribution in [0.3, 0.4) is 0 Å². The number of methoxy groups -OCH3 is 2. The average Bonchev–Trinajstić information content (AvgIpc) is 2.80. The Bertz CT molecular complexity index is 1330. The van der Waals surface area contributed by atoms with Gasteiger partial charge in [0.05, 0.1) is 25.1 Å². The van der Waals surface area contributed by atoms with Crippen molar-refractivity contribution in [1.82, 2.24) is 9.66 Å². The molecule has 156 valence electrons. The molecule has 0 aliphatic rings. The Morgan fingerprint density at radius 2 is 1.68 bits per heavy atom. The lowest BCUT2D eigenvalue weighted by molar-refractivity contribution is 0.101. The highest BCUT2D eigenvalue weighted by Gasteiger charge is 2.17. The summed E-state index contributed by atoms with van der Waals surface area (Å²) in [5.74, 6) is 0.745. The molecule has 4 rings (SSSR count). The van der Waals surface area contributed by atoms with Gasteiger partial charge in [-0.2, -0.15) is 4.68 Å². The number of nitrogens with one attached hydrogen (secondary N) is 1. The second-order valence-electron chi connectivity index (χ2n) is 6.61. The van der Waals surface area contributed by atoms with Crippen molar-refractivity contribution in [2.45, 2.75) is 0 Å². The summed E-state index contributed by atoms with van der Waals surface area (Å²) in [6, 6.07) is 19.1. The molecule has 0 unspecified atom stereocenters. The van der Waals surface area contributed by atoms with Crippen LogP contribution in [0.4, 0.5) is 0 Å². The molecule has 0 saturated carbocycles. The second kappa shape index (κ2) is 8.61. The summed E-state index contributed by atoms with van der Waals surface area (Å²) in [7, 11) is 3.01. The van der Waals surface area contributed by atoms with Gasteiger partial charge in [0, 0.05) is 15.6 Å². The molecule has 0 aliphatic carbocycles. The van der Waals surface area contributed by atoms with E-state index in [9.17, 15) is 9.59 Å². The summed E-state index contributed by atoms with van der Waals surface area (Å²) in [6.45, 7) is 0. The lowest BCUT2D eigenvalue weighted by atomic mass is 10.2. The van der Waals surface area contributed by atoms with Gasteiger partial charge in [-0.1, -0.05) is 40.2 Å². The van der Waals surface area contributed by atoms with Crippen LogP contribution in [0.15, 0.2) is 76.0 Å². The van der Waals surface area contributed by atoms with Gasteiger partial charge in [0.25, 0.3) is 11.5 Å². The van der Waals surface area contributed by atoms with Gasteiger partial charge in [0.15, 0.2) is 17.3 Å². The molecule has 3 aromatic carbocycles. The van der Waals surface area contributed by atoms with E-state index in [0.717, 1.165) is 4.47 Å². The number of hydrogen-bond acceptors (Lipinski definition) is 5. The van der Waals surface area contributed by atoms with Crippen LogP contribution in [0.2, 0.25) is 0 Å². The van der Waals surface area contributed by atoms with E-state index in [4.69, 9.17) is 9.47 Å². The Morgan fingerprint density at radius 3 is 2.39 bits per heavy atom. The number of ether oxygens (including phenoxy) is 2. The van der Waals surface area contributed by atoms with Gasteiger partial charge < -0.3 is 9.47 Å². The first-order chi connectivity index (χ1) is 15.0. The average molecular weight is 480 g/mol. The third-order valence-electron chi connectivity index (χ3n) is 4.74. The number of amides is 1. The zero-order valence-corrected chi connectivity index (χ0v) is 18.3. The number of benzene rings is 3. The number of halogens is 1. The molecule has 1 heterocycles. The van der Waals surface area contributed by atoms with Crippen LogP contribution in [0.25, 0.3) is 22.3 Å². The number of hydrogen-bond donors (Lipinski definition) is 1. The van der Waals surface area contributed by atoms with E-state index < -0.39 is 5.91 Å². The third-order valence-corrected chi connectivity index (χ3v) is 5.27. The van der Waals surface area contributed by atoms with Crippen LogP contribution in [-0.2, 0) is 0 Å². The Balaban J connectivity index is 1.83. The summed E-state index contributed by atoms with van der Waals surface area (Å²) in [6.07, 6.45) is 0. The lowest BCUT2D eigenvalue weighted by Crippen LogP contribution is -2.35. The number of carbonyl (C=O) groups excluding carboxylic acids is 1. The van der Waals surface area contributed by atoms with Gasteiger partial charge >= 0.3 is 0 Å². The van der Waals surface area contributed by atoms with Crippen LogP contribution in [-0.4, -0.2) is 29.8 Å². The predicted octanol–water partition coefficient (Wildman–Crippen LogP) is 4.23. The summed E-state index contributed by atoms with van der Waals surface area (Å²) in [4.78, 5) is 30.9. The van der Waals surface area contributed by atoms with Crippen molar-refractivity contribution in [2.75, 3.05) is 19.6 Å². The van der Waals surface area contributed by atoms with Crippen molar-refractivity contribution >= 4 is 32.7 Å². The van der Waals surface area contributed by atoms with Crippen LogP contribution in [0.5, 0.6) is 11.5 Å². The van der Waals surface area contributed by atoms with Gasteiger partial charge in [-0.3, -0.25) is 15.0 Å². The molecule has 8 heteroatoms. The Morgan fingerprint density at radius 1 is 0.968 bits per heavy atom. The smallest absolute Gasteiger partial charge is 0.280 e. The number of aromatic nitrogens is 2. The molecule has 0 spiro atoms. The molecule has 4 aromatic rings. The summed E-state index contributed by atoms with van der Waals surface area (Å²) in [5, 5.41) is 0.399. The molecular formula is C23H18BrN3O4. The van der Waals surface area contributed by atoms with Gasteiger partial charge in [-0.05, 0) is 42.5 Å². The van der Waals surface area contributed by atoms with E-state index in [1.54, 1.807) is 36.4 Å². The zero-order valence-electron chi connectivity index (χ0n) is 16.8. The quantitative estimate of drug-likeness (QED) is 0.463. The van der Waals surface area contributed by atoms with Gasteiger partial charge in [0.2, 0.25) is 0 Å². The molecule has 0 bridgehead atoms. The van der Waals surface area contributed by atoms with Crippen LogP contribution in [0.1, 0.15) is 10.4 Å². The minimum Gasteiger partial charge on any atom is -0.493 e. The van der Waals surface area contributed by atoms with E-state index in [2.05, 4.69) is 26.3 Å². The number of rotatable bonds is 5. The minimum absolute atomic E-state index is 0.305. The van der Waals surface area contributed by atoms with Crippen molar-refractivity contribution in [3.8, 4) is 22.9 Å². The first-order valence-corrected chi connectivity index (χ1v) is 10.1. The molecule has 0 fully saturated rings. The normalized spacial score (nSPS) is 10.7. The van der Waals surface area contributed by atoms with Gasteiger partial charge in [-0.25, -0.2) is 4.98 Å². The molecule has 31 heavy (non-hydrogen) atoms. The summed E-state index contributed by atoms with van der Waals surface area (Å²) < 4.78 is 12.6. The molecule has 0 saturated heterocycles.